The maximum atomic E-state index is 11.6. The van der Waals surface area contributed by atoms with E-state index in [1.807, 2.05) is 31.2 Å². The van der Waals surface area contributed by atoms with Gasteiger partial charge in [-0.3, -0.25) is 0 Å². The zero-order valence-corrected chi connectivity index (χ0v) is 12.8. The largest absolute Gasteiger partial charge is 0.493 e. The summed E-state index contributed by atoms with van der Waals surface area (Å²) in [7, 11) is 3.06. The lowest BCUT2D eigenvalue weighted by atomic mass is 10.0. The number of aryl methyl sites for hydroxylation is 1. The van der Waals surface area contributed by atoms with Crippen LogP contribution in [0.25, 0.3) is 11.6 Å². The van der Waals surface area contributed by atoms with Crippen molar-refractivity contribution in [3.8, 4) is 11.5 Å². The third-order valence-corrected chi connectivity index (χ3v) is 3.28. The van der Waals surface area contributed by atoms with Crippen molar-refractivity contribution < 1.29 is 19.4 Å². The highest BCUT2D eigenvalue weighted by molar-refractivity contribution is 6.20. The van der Waals surface area contributed by atoms with E-state index in [0.29, 0.717) is 17.1 Å². The summed E-state index contributed by atoms with van der Waals surface area (Å²) >= 11 is 0. The lowest BCUT2D eigenvalue weighted by Gasteiger charge is -2.10. The number of aliphatic carboxylic acids is 1. The summed E-state index contributed by atoms with van der Waals surface area (Å²) < 4.78 is 10.4. The average molecular weight is 298 g/mol. The average Bonchev–Trinajstić information content (AvgIpc) is 2.51. The Balaban J connectivity index is 2.51. The zero-order valence-electron chi connectivity index (χ0n) is 12.8. The van der Waals surface area contributed by atoms with Gasteiger partial charge in [-0.05, 0) is 36.3 Å². The van der Waals surface area contributed by atoms with E-state index in [2.05, 4.69) is 0 Å². The van der Waals surface area contributed by atoms with E-state index in [1.165, 1.54) is 14.2 Å². The summed E-state index contributed by atoms with van der Waals surface area (Å²) in [5.74, 6) is 0.0664. The molecule has 2 aromatic carbocycles. The van der Waals surface area contributed by atoms with Crippen molar-refractivity contribution in [3.05, 3.63) is 59.2 Å². The molecule has 0 unspecified atom stereocenters. The van der Waals surface area contributed by atoms with Crippen LogP contribution in [0, 0.1) is 6.92 Å². The fourth-order valence-electron chi connectivity index (χ4n) is 2.20. The first kappa shape index (κ1) is 15.6. The van der Waals surface area contributed by atoms with E-state index in [1.54, 1.807) is 24.3 Å². The van der Waals surface area contributed by atoms with Crippen LogP contribution in [0.15, 0.2) is 42.5 Å². The lowest BCUT2D eigenvalue weighted by Crippen LogP contribution is -2.01. The molecule has 0 fully saturated rings. The van der Waals surface area contributed by atoms with Crippen LogP contribution in [0.4, 0.5) is 0 Å². The first-order valence-corrected chi connectivity index (χ1v) is 6.79. The van der Waals surface area contributed by atoms with Crippen LogP contribution in [0.5, 0.6) is 11.5 Å². The van der Waals surface area contributed by atoms with Crippen LogP contribution >= 0.6 is 0 Å². The Bertz CT molecular complexity index is 717. The predicted molar refractivity (Wildman–Crippen MR) is 86.2 cm³/mol. The first-order valence-electron chi connectivity index (χ1n) is 6.79. The molecule has 0 radical (unpaired) electrons. The SMILES string of the molecule is COc1ccc(/C(=C\c2cccc(C)c2)C(=O)O)cc1OC. The Hall–Kier alpha value is -2.75. The van der Waals surface area contributed by atoms with E-state index in [0.717, 1.165) is 11.1 Å². The van der Waals surface area contributed by atoms with E-state index < -0.39 is 5.97 Å². The van der Waals surface area contributed by atoms with Crippen LogP contribution < -0.4 is 9.47 Å². The molecule has 4 heteroatoms. The summed E-state index contributed by atoms with van der Waals surface area (Å²) in [6.07, 6.45) is 1.65. The molecule has 0 heterocycles. The molecule has 0 bridgehead atoms. The number of hydrogen-bond acceptors (Lipinski definition) is 3. The van der Waals surface area contributed by atoms with Crippen molar-refractivity contribution in [1.82, 2.24) is 0 Å². The van der Waals surface area contributed by atoms with Gasteiger partial charge in [-0.15, -0.1) is 0 Å². The summed E-state index contributed by atoms with van der Waals surface area (Å²) in [4.78, 5) is 11.6. The molecule has 0 atom stereocenters. The summed E-state index contributed by atoms with van der Waals surface area (Å²) in [6.45, 7) is 1.97. The fourth-order valence-corrected chi connectivity index (χ4v) is 2.20. The molecule has 0 spiro atoms. The first-order chi connectivity index (χ1) is 10.5. The Morgan fingerprint density at radius 2 is 1.77 bits per heavy atom. The lowest BCUT2D eigenvalue weighted by molar-refractivity contribution is -0.130. The molecule has 0 aliphatic heterocycles. The number of ether oxygens (including phenoxy) is 2. The fraction of sp³-hybridized carbons (Fsp3) is 0.167. The second kappa shape index (κ2) is 6.80. The topological polar surface area (TPSA) is 55.8 Å². The number of carbonyl (C=O) groups is 1. The minimum absolute atomic E-state index is 0.201. The van der Waals surface area contributed by atoms with Crippen LogP contribution in [-0.2, 0) is 4.79 Å². The molecule has 0 saturated carbocycles. The predicted octanol–water partition coefficient (Wildman–Crippen LogP) is 3.64. The van der Waals surface area contributed by atoms with E-state index in [9.17, 15) is 9.90 Å². The highest BCUT2D eigenvalue weighted by atomic mass is 16.5. The number of rotatable bonds is 5. The highest BCUT2D eigenvalue weighted by Gasteiger charge is 2.13. The second-order valence-corrected chi connectivity index (χ2v) is 4.85. The molecule has 0 aliphatic carbocycles. The van der Waals surface area contributed by atoms with Crippen molar-refractivity contribution in [3.63, 3.8) is 0 Å². The molecule has 0 saturated heterocycles. The number of methoxy groups -OCH3 is 2. The highest BCUT2D eigenvalue weighted by Crippen LogP contribution is 2.31. The maximum absolute atomic E-state index is 11.6. The van der Waals surface area contributed by atoms with Crippen LogP contribution in [-0.4, -0.2) is 25.3 Å². The molecule has 22 heavy (non-hydrogen) atoms. The van der Waals surface area contributed by atoms with Gasteiger partial charge in [0.2, 0.25) is 0 Å². The van der Waals surface area contributed by atoms with E-state index in [4.69, 9.17) is 9.47 Å². The van der Waals surface area contributed by atoms with Crippen molar-refractivity contribution >= 4 is 17.6 Å². The maximum Gasteiger partial charge on any atom is 0.336 e. The molecule has 4 nitrogen and oxygen atoms in total. The van der Waals surface area contributed by atoms with Gasteiger partial charge in [0, 0.05) is 0 Å². The van der Waals surface area contributed by atoms with Gasteiger partial charge in [-0.1, -0.05) is 35.9 Å². The van der Waals surface area contributed by atoms with Crippen LogP contribution in [0.3, 0.4) is 0 Å². The Labute approximate surface area is 129 Å². The normalized spacial score (nSPS) is 11.1. The van der Waals surface area contributed by atoms with Crippen LogP contribution in [0.2, 0.25) is 0 Å². The summed E-state index contributed by atoms with van der Waals surface area (Å²) in [5, 5.41) is 9.51. The number of carboxylic acid groups (broad SMARTS) is 1. The van der Waals surface area contributed by atoms with Gasteiger partial charge in [0.1, 0.15) is 0 Å². The van der Waals surface area contributed by atoms with E-state index >= 15 is 0 Å². The quantitative estimate of drug-likeness (QED) is 0.676. The Morgan fingerprint density at radius 1 is 1.05 bits per heavy atom. The minimum Gasteiger partial charge on any atom is -0.493 e. The van der Waals surface area contributed by atoms with E-state index in [-0.39, 0.29) is 5.57 Å². The monoisotopic (exact) mass is 298 g/mol. The Morgan fingerprint density at radius 3 is 2.36 bits per heavy atom. The molecule has 114 valence electrons. The van der Waals surface area contributed by atoms with Gasteiger partial charge in [-0.2, -0.15) is 0 Å². The van der Waals surface area contributed by atoms with Gasteiger partial charge >= 0.3 is 5.97 Å². The Kier molecular flexibility index (Phi) is 4.84. The molecule has 2 aromatic rings. The van der Waals surface area contributed by atoms with Crippen molar-refractivity contribution in [2.45, 2.75) is 6.92 Å². The summed E-state index contributed by atoms with van der Waals surface area (Å²) in [6, 6.07) is 12.7. The van der Waals surface area contributed by atoms with Crippen molar-refractivity contribution in [2.24, 2.45) is 0 Å². The molecule has 0 aliphatic rings. The number of hydrogen-bond donors (Lipinski definition) is 1. The third kappa shape index (κ3) is 3.47. The number of carboxylic acids is 1. The van der Waals surface area contributed by atoms with Gasteiger partial charge in [-0.25, -0.2) is 4.79 Å². The van der Waals surface area contributed by atoms with Crippen molar-refractivity contribution in [2.75, 3.05) is 14.2 Å². The minimum atomic E-state index is -0.992. The van der Waals surface area contributed by atoms with Gasteiger partial charge in [0.15, 0.2) is 11.5 Å². The molecular weight excluding hydrogens is 280 g/mol. The van der Waals surface area contributed by atoms with Gasteiger partial charge in [0.25, 0.3) is 0 Å². The molecule has 1 N–H and O–H groups in total. The zero-order chi connectivity index (χ0) is 16.1. The molecular formula is C18H18O4. The third-order valence-electron chi connectivity index (χ3n) is 3.28. The smallest absolute Gasteiger partial charge is 0.336 e. The van der Waals surface area contributed by atoms with Gasteiger partial charge < -0.3 is 14.6 Å². The number of benzene rings is 2. The standard InChI is InChI=1S/C18H18O4/c1-12-5-4-6-13(9-12)10-15(18(19)20)14-7-8-16(21-2)17(11-14)22-3/h4-11H,1-3H3,(H,19,20)/b15-10+. The molecule has 2 rings (SSSR count). The van der Waals surface area contributed by atoms with Crippen molar-refractivity contribution in [1.29, 1.82) is 0 Å². The van der Waals surface area contributed by atoms with Gasteiger partial charge in [0.05, 0.1) is 19.8 Å². The second-order valence-electron chi connectivity index (χ2n) is 4.85. The molecule has 0 amide bonds. The van der Waals surface area contributed by atoms with Crippen LogP contribution in [0.1, 0.15) is 16.7 Å². The summed E-state index contributed by atoms with van der Waals surface area (Å²) in [5.41, 5.74) is 2.68. The molecule has 0 aromatic heterocycles.